The summed E-state index contributed by atoms with van der Waals surface area (Å²) in [5, 5.41) is 0. The van der Waals surface area contributed by atoms with Crippen molar-refractivity contribution in [2.24, 2.45) is 11.7 Å². The third-order valence-corrected chi connectivity index (χ3v) is 4.67. The maximum absolute atomic E-state index is 5.40. The van der Waals surface area contributed by atoms with Gasteiger partial charge in [-0.25, -0.2) is 0 Å². The Morgan fingerprint density at radius 3 is 2.75 bits per heavy atom. The van der Waals surface area contributed by atoms with Crippen LogP contribution in [0.25, 0.3) is 0 Å². The predicted octanol–water partition coefficient (Wildman–Crippen LogP) is 1.83. The van der Waals surface area contributed by atoms with Gasteiger partial charge in [-0.3, -0.25) is 4.90 Å². The van der Waals surface area contributed by atoms with Crippen LogP contribution < -0.4 is 5.73 Å². The quantitative estimate of drug-likeness (QED) is 0.859. The average Bonchev–Trinajstić information content (AvgIpc) is 2.86. The topological polar surface area (TPSA) is 32.5 Å². The van der Waals surface area contributed by atoms with E-state index in [1.54, 1.807) is 11.3 Å². The van der Waals surface area contributed by atoms with Gasteiger partial charge in [0.1, 0.15) is 0 Å². The van der Waals surface area contributed by atoms with Crippen LogP contribution in [0.5, 0.6) is 0 Å². The second-order valence-electron chi connectivity index (χ2n) is 5.75. The zero-order valence-electron chi connectivity index (χ0n) is 12.6. The van der Waals surface area contributed by atoms with Gasteiger partial charge in [0.15, 0.2) is 0 Å². The smallest absolute Gasteiger partial charge is 0.0772 e. The molecule has 110 valence electrons. The normalized spacial score (nSPS) is 17.2. The molecule has 0 radical (unpaired) electrons. The maximum Gasteiger partial charge on any atom is 0.0772 e. The lowest BCUT2D eigenvalue weighted by Crippen LogP contribution is -2.36. The maximum atomic E-state index is 5.40. The summed E-state index contributed by atoms with van der Waals surface area (Å²) in [7, 11) is 4.34. The Morgan fingerprint density at radius 1 is 1.35 bits per heavy atom. The zero-order chi connectivity index (χ0) is 14.4. The number of likely N-dealkylation sites (tertiary alicyclic amines) is 1. The van der Waals surface area contributed by atoms with Crippen molar-refractivity contribution in [2.45, 2.75) is 19.4 Å². The molecular formula is C16H25N3S. The van der Waals surface area contributed by atoms with Crippen LogP contribution >= 0.6 is 11.3 Å². The summed E-state index contributed by atoms with van der Waals surface area (Å²) in [6.45, 7) is 5.18. The molecule has 2 rings (SSSR count). The van der Waals surface area contributed by atoms with E-state index < -0.39 is 0 Å². The van der Waals surface area contributed by atoms with Crippen molar-refractivity contribution < 1.29 is 0 Å². The highest BCUT2D eigenvalue weighted by molar-refractivity contribution is 7.12. The summed E-state index contributed by atoms with van der Waals surface area (Å²) < 4.78 is 0. The minimum atomic E-state index is 0.437. The van der Waals surface area contributed by atoms with Gasteiger partial charge in [0.25, 0.3) is 0 Å². The van der Waals surface area contributed by atoms with Gasteiger partial charge in [0.2, 0.25) is 0 Å². The molecule has 1 aromatic rings. The average molecular weight is 291 g/mol. The van der Waals surface area contributed by atoms with Gasteiger partial charge in [0.05, 0.1) is 11.4 Å². The van der Waals surface area contributed by atoms with E-state index in [0.717, 1.165) is 17.3 Å². The van der Waals surface area contributed by atoms with Crippen LogP contribution in [0.2, 0.25) is 0 Å². The number of hydrogen-bond donors (Lipinski definition) is 1. The summed E-state index contributed by atoms with van der Waals surface area (Å²) in [6, 6.07) is 4.32. The Morgan fingerprint density at radius 2 is 2.10 bits per heavy atom. The highest BCUT2D eigenvalue weighted by Gasteiger charge is 2.19. The molecule has 2 N–H and O–H groups in total. The van der Waals surface area contributed by atoms with Gasteiger partial charge in [-0.1, -0.05) is 11.8 Å². The van der Waals surface area contributed by atoms with Crippen LogP contribution in [0, 0.1) is 17.8 Å². The molecule has 0 aliphatic carbocycles. The van der Waals surface area contributed by atoms with Crippen molar-refractivity contribution in [3.8, 4) is 11.8 Å². The summed E-state index contributed by atoms with van der Waals surface area (Å²) >= 11 is 1.80. The van der Waals surface area contributed by atoms with E-state index in [1.807, 2.05) is 0 Å². The first-order valence-corrected chi connectivity index (χ1v) is 8.13. The lowest BCUT2D eigenvalue weighted by Gasteiger charge is -2.32. The van der Waals surface area contributed by atoms with Gasteiger partial charge < -0.3 is 10.6 Å². The Kier molecular flexibility index (Phi) is 6.06. The summed E-state index contributed by atoms with van der Waals surface area (Å²) in [5.74, 6) is 6.90. The zero-order valence-corrected chi connectivity index (χ0v) is 13.4. The van der Waals surface area contributed by atoms with E-state index in [9.17, 15) is 0 Å². The fourth-order valence-electron chi connectivity index (χ4n) is 2.73. The van der Waals surface area contributed by atoms with Gasteiger partial charge >= 0.3 is 0 Å². The number of nitrogens with two attached hydrogens (primary N) is 1. The molecule has 0 amide bonds. The molecule has 0 bridgehead atoms. The van der Waals surface area contributed by atoms with Crippen molar-refractivity contribution in [1.29, 1.82) is 0 Å². The first-order valence-electron chi connectivity index (χ1n) is 7.32. The monoisotopic (exact) mass is 291 g/mol. The third-order valence-electron chi connectivity index (χ3n) is 3.69. The Bertz CT molecular complexity index is 462. The molecule has 4 heteroatoms. The second-order valence-corrected chi connectivity index (χ2v) is 6.92. The third kappa shape index (κ3) is 4.92. The lowest BCUT2D eigenvalue weighted by atomic mass is 9.96. The van der Waals surface area contributed by atoms with Gasteiger partial charge in [-0.2, -0.15) is 0 Å². The molecule has 1 aromatic heterocycles. The highest BCUT2D eigenvalue weighted by Crippen LogP contribution is 2.22. The van der Waals surface area contributed by atoms with Crippen molar-refractivity contribution in [1.82, 2.24) is 9.80 Å². The van der Waals surface area contributed by atoms with Crippen molar-refractivity contribution in [3.05, 3.63) is 21.9 Å². The molecule has 3 nitrogen and oxygen atoms in total. The summed E-state index contributed by atoms with van der Waals surface area (Å²) in [5.41, 5.74) is 5.40. The van der Waals surface area contributed by atoms with E-state index >= 15 is 0 Å². The number of piperidine rings is 1. The van der Waals surface area contributed by atoms with Crippen LogP contribution in [-0.2, 0) is 6.54 Å². The lowest BCUT2D eigenvalue weighted by molar-refractivity contribution is 0.158. The van der Waals surface area contributed by atoms with E-state index in [0.29, 0.717) is 6.54 Å². The van der Waals surface area contributed by atoms with Crippen molar-refractivity contribution in [2.75, 3.05) is 40.3 Å². The molecule has 0 aromatic carbocycles. The molecule has 0 spiro atoms. The van der Waals surface area contributed by atoms with E-state index in [2.05, 4.69) is 47.9 Å². The van der Waals surface area contributed by atoms with E-state index in [4.69, 9.17) is 5.73 Å². The number of hydrogen-bond acceptors (Lipinski definition) is 4. The summed E-state index contributed by atoms with van der Waals surface area (Å²) in [4.78, 5) is 7.42. The molecule has 0 atom stereocenters. The second kappa shape index (κ2) is 7.80. The number of nitrogens with zero attached hydrogens (tertiary/aromatic N) is 2. The van der Waals surface area contributed by atoms with Crippen LogP contribution in [-0.4, -0.2) is 50.1 Å². The molecule has 20 heavy (non-hydrogen) atoms. The van der Waals surface area contributed by atoms with Crippen LogP contribution in [0.4, 0.5) is 0 Å². The molecule has 0 unspecified atom stereocenters. The minimum absolute atomic E-state index is 0.437. The summed E-state index contributed by atoms with van der Waals surface area (Å²) in [6.07, 6.45) is 2.65. The SMILES string of the molecule is CN(C)CC1CCN(Cc2ccc(C#CCN)s2)CC1. The molecule has 0 saturated carbocycles. The molecule has 2 heterocycles. The highest BCUT2D eigenvalue weighted by atomic mass is 32.1. The minimum Gasteiger partial charge on any atom is -0.320 e. The Hall–Kier alpha value is -0.860. The predicted molar refractivity (Wildman–Crippen MR) is 86.8 cm³/mol. The standard InChI is InChI=1S/C16H25N3S/c1-18(2)12-14-7-10-19(11-8-14)13-16-6-5-15(20-16)4-3-9-17/h5-6,14H,7-13,17H2,1-2H3. The van der Waals surface area contributed by atoms with Gasteiger partial charge in [-0.15, -0.1) is 11.3 Å². The van der Waals surface area contributed by atoms with Crippen LogP contribution in [0.3, 0.4) is 0 Å². The fourth-order valence-corrected chi connectivity index (χ4v) is 3.66. The first kappa shape index (κ1) is 15.5. The Labute approximate surface area is 126 Å². The van der Waals surface area contributed by atoms with Crippen LogP contribution in [0.15, 0.2) is 12.1 Å². The molecular weight excluding hydrogens is 266 g/mol. The molecule has 1 aliphatic heterocycles. The van der Waals surface area contributed by atoms with Crippen LogP contribution in [0.1, 0.15) is 22.6 Å². The van der Waals surface area contributed by atoms with Gasteiger partial charge in [-0.05, 0) is 58.1 Å². The van der Waals surface area contributed by atoms with E-state index in [-0.39, 0.29) is 0 Å². The molecule has 1 fully saturated rings. The Balaban J connectivity index is 1.79. The van der Waals surface area contributed by atoms with Gasteiger partial charge in [0, 0.05) is 18.0 Å². The molecule has 1 aliphatic rings. The first-order chi connectivity index (χ1) is 9.67. The molecule has 1 saturated heterocycles. The number of rotatable bonds is 4. The van der Waals surface area contributed by atoms with Crippen molar-refractivity contribution in [3.63, 3.8) is 0 Å². The van der Waals surface area contributed by atoms with Crippen molar-refractivity contribution >= 4 is 11.3 Å². The number of thiophene rings is 1. The van der Waals surface area contributed by atoms with E-state index in [1.165, 1.54) is 37.4 Å². The fraction of sp³-hybridized carbons (Fsp3) is 0.625. The largest absolute Gasteiger partial charge is 0.320 e.